The minimum absolute atomic E-state index is 0.0402. The van der Waals surface area contributed by atoms with Crippen LogP contribution in [0.2, 0.25) is 0 Å². The van der Waals surface area contributed by atoms with E-state index in [1.165, 1.54) is 4.90 Å². The topological polar surface area (TPSA) is 106 Å². The molecule has 38 heavy (non-hydrogen) atoms. The average molecular weight is 509 g/mol. The smallest absolute Gasteiger partial charge is 0.240 e. The second kappa shape index (κ2) is 7.89. The molecule has 0 saturated carbocycles. The molecule has 4 aliphatic heterocycles. The molecule has 4 atom stereocenters. The van der Waals surface area contributed by atoms with E-state index in [-0.39, 0.29) is 30.8 Å². The van der Waals surface area contributed by atoms with E-state index >= 15 is 0 Å². The van der Waals surface area contributed by atoms with E-state index in [9.17, 15) is 19.6 Å². The number of ketones is 1. The Kier molecular flexibility index (Phi) is 4.76. The largest absolute Gasteiger partial charge is 0.493 e. The summed E-state index contributed by atoms with van der Waals surface area (Å²) in [6.07, 6.45) is 1.79. The number of benzene rings is 3. The fraction of sp³-hybridized carbons (Fsp3) is 0.333. The molecule has 2 amide bonds. The molecule has 0 aliphatic carbocycles. The second-order valence-electron chi connectivity index (χ2n) is 10.7. The second-order valence-corrected chi connectivity index (χ2v) is 10.7. The summed E-state index contributed by atoms with van der Waals surface area (Å²) in [5.41, 5.74) is 0.0259. The molecule has 190 valence electrons. The van der Waals surface area contributed by atoms with E-state index in [1.54, 1.807) is 30.3 Å². The summed E-state index contributed by atoms with van der Waals surface area (Å²) in [4.78, 5) is 41.0. The van der Waals surface area contributed by atoms with Crippen molar-refractivity contribution in [2.75, 3.05) is 18.1 Å². The highest BCUT2D eigenvalue weighted by molar-refractivity contribution is 6.26. The fourth-order valence-corrected chi connectivity index (χ4v) is 6.93. The van der Waals surface area contributed by atoms with Crippen molar-refractivity contribution in [2.24, 2.45) is 11.8 Å². The van der Waals surface area contributed by atoms with E-state index in [0.29, 0.717) is 58.3 Å². The highest BCUT2D eigenvalue weighted by atomic mass is 16.5. The third-order valence-corrected chi connectivity index (χ3v) is 8.68. The Morgan fingerprint density at radius 1 is 1.03 bits per heavy atom. The maximum absolute atomic E-state index is 14.0. The van der Waals surface area contributed by atoms with E-state index in [2.05, 4.69) is 6.07 Å². The number of ether oxygens (including phenoxy) is 3. The minimum Gasteiger partial charge on any atom is -0.493 e. The van der Waals surface area contributed by atoms with Gasteiger partial charge in [0.15, 0.2) is 6.61 Å². The highest BCUT2D eigenvalue weighted by Crippen LogP contribution is 2.62. The SMILES string of the molecule is CC12CCC(CCOc3ccc4c(c3)OCC4=O)(O1)C1C(=O)N(c3ccc(C#N)c4ccccc34)C(=O)C12. The molecule has 3 fully saturated rings. The van der Waals surface area contributed by atoms with Gasteiger partial charge in [-0.1, -0.05) is 24.3 Å². The van der Waals surface area contributed by atoms with Crippen LogP contribution >= 0.6 is 0 Å². The molecule has 0 spiro atoms. The zero-order chi connectivity index (χ0) is 26.2. The van der Waals surface area contributed by atoms with Gasteiger partial charge in [-0.15, -0.1) is 0 Å². The van der Waals surface area contributed by atoms with Crippen molar-refractivity contribution in [1.29, 1.82) is 5.26 Å². The first-order valence-electron chi connectivity index (χ1n) is 12.8. The van der Waals surface area contributed by atoms with Crippen LogP contribution < -0.4 is 14.4 Å². The van der Waals surface area contributed by atoms with Crippen molar-refractivity contribution in [3.8, 4) is 17.6 Å². The van der Waals surface area contributed by atoms with Gasteiger partial charge in [-0.25, -0.2) is 4.90 Å². The number of carbonyl (C=O) groups excluding carboxylic acids is 3. The lowest BCUT2D eigenvalue weighted by Gasteiger charge is -2.31. The van der Waals surface area contributed by atoms with Crippen LogP contribution in [0.1, 0.15) is 42.1 Å². The summed E-state index contributed by atoms with van der Waals surface area (Å²) >= 11 is 0. The van der Waals surface area contributed by atoms with Gasteiger partial charge in [0.1, 0.15) is 11.5 Å². The lowest BCUT2D eigenvalue weighted by molar-refractivity contribution is -0.131. The van der Waals surface area contributed by atoms with Gasteiger partial charge in [0.05, 0.1) is 52.5 Å². The molecule has 0 N–H and O–H groups in total. The molecule has 8 heteroatoms. The number of anilines is 1. The fourth-order valence-electron chi connectivity index (χ4n) is 6.93. The first kappa shape index (κ1) is 22.9. The number of nitrogens with zero attached hydrogens (tertiary/aromatic N) is 2. The van der Waals surface area contributed by atoms with Gasteiger partial charge in [-0.3, -0.25) is 14.4 Å². The Morgan fingerprint density at radius 2 is 1.82 bits per heavy atom. The molecule has 3 saturated heterocycles. The molecule has 8 nitrogen and oxygen atoms in total. The zero-order valence-electron chi connectivity index (χ0n) is 20.7. The molecule has 4 unspecified atom stereocenters. The summed E-state index contributed by atoms with van der Waals surface area (Å²) in [6.45, 7) is 2.26. The Balaban J connectivity index is 1.18. The maximum atomic E-state index is 14.0. The van der Waals surface area contributed by atoms with Crippen LogP contribution in [0.4, 0.5) is 5.69 Å². The van der Waals surface area contributed by atoms with Gasteiger partial charge in [-0.2, -0.15) is 5.26 Å². The van der Waals surface area contributed by atoms with Crippen molar-refractivity contribution in [3.63, 3.8) is 0 Å². The molecule has 0 radical (unpaired) electrons. The highest BCUT2D eigenvalue weighted by Gasteiger charge is 2.73. The van der Waals surface area contributed by atoms with Crippen molar-refractivity contribution < 1.29 is 28.6 Å². The van der Waals surface area contributed by atoms with Crippen molar-refractivity contribution in [1.82, 2.24) is 0 Å². The maximum Gasteiger partial charge on any atom is 0.240 e. The molecule has 4 heterocycles. The van der Waals surface area contributed by atoms with Gasteiger partial charge in [0.25, 0.3) is 0 Å². The van der Waals surface area contributed by atoms with Crippen LogP contribution in [0.15, 0.2) is 54.6 Å². The number of nitriles is 1. The molecular formula is C30H24N2O6. The van der Waals surface area contributed by atoms with E-state index in [4.69, 9.17) is 14.2 Å². The molecule has 3 aromatic carbocycles. The van der Waals surface area contributed by atoms with Gasteiger partial charge in [-0.05, 0) is 44.0 Å². The van der Waals surface area contributed by atoms with Crippen molar-refractivity contribution in [3.05, 3.63) is 65.7 Å². The summed E-state index contributed by atoms with van der Waals surface area (Å²) in [5.74, 6) is -0.652. The van der Waals surface area contributed by atoms with Crippen LogP contribution in [0.5, 0.6) is 11.5 Å². The predicted octanol–water partition coefficient (Wildman–Crippen LogP) is 4.18. The Bertz CT molecular complexity index is 1610. The first-order valence-corrected chi connectivity index (χ1v) is 12.8. The third-order valence-electron chi connectivity index (χ3n) is 8.68. The number of hydrogen-bond donors (Lipinski definition) is 0. The quantitative estimate of drug-likeness (QED) is 0.476. The molecule has 3 aromatic rings. The minimum atomic E-state index is -0.799. The number of imide groups is 1. The monoisotopic (exact) mass is 508 g/mol. The predicted molar refractivity (Wildman–Crippen MR) is 136 cm³/mol. The molecular weight excluding hydrogens is 484 g/mol. The average Bonchev–Trinajstić information content (AvgIpc) is 3.62. The van der Waals surface area contributed by atoms with Crippen LogP contribution in [-0.4, -0.2) is 42.0 Å². The van der Waals surface area contributed by atoms with Crippen LogP contribution in [0, 0.1) is 23.2 Å². The van der Waals surface area contributed by atoms with E-state index in [0.717, 1.165) is 0 Å². The normalized spacial score (nSPS) is 28.9. The number of fused-ring (bicyclic) bond motifs is 7. The van der Waals surface area contributed by atoms with Gasteiger partial charge < -0.3 is 14.2 Å². The number of rotatable bonds is 5. The zero-order valence-corrected chi connectivity index (χ0v) is 20.7. The number of hydrogen-bond acceptors (Lipinski definition) is 7. The van der Waals surface area contributed by atoms with Crippen LogP contribution in [-0.2, 0) is 14.3 Å². The lowest BCUT2D eigenvalue weighted by atomic mass is 9.67. The van der Waals surface area contributed by atoms with Crippen molar-refractivity contribution in [2.45, 2.75) is 37.4 Å². The molecule has 2 bridgehead atoms. The van der Waals surface area contributed by atoms with Gasteiger partial charge in [0.2, 0.25) is 17.6 Å². The number of amides is 2. The van der Waals surface area contributed by atoms with E-state index in [1.807, 2.05) is 31.2 Å². The third kappa shape index (κ3) is 3.02. The number of carbonyl (C=O) groups is 3. The Labute approximate surface area is 218 Å². The van der Waals surface area contributed by atoms with Crippen LogP contribution in [0.25, 0.3) is 10.8 Å². The summed E-state index contributed by atoms with van der Waals surface area (Å²) in [5, 5.41) is 10.9. The van der Waals surface area contributed by atoms with Gasteiger partial charge >= 0.3 is 0 Å². The molecule has 4 aliphatic rings. The molecule has 0 aromatic heterocycles. The first-order chi connectivity index (χ1) is 18.3. The summed E-state index contributed by atoms with van der Waals surface area (Å²) < 4.78 is 17.9. The lowest BCUT2D eigenvalue weighted by Crippen LogP contribution is -2.43. The summed E-state index contributed by atoms with van der Waals surface area (Å²) in [7, 11) is 0. The Morgan fingerprint density at radius 3 is 2.63 bits per heavy atom. The van der Waals surface area contributed by atoms with Crippen LogP contribution in [0.3, 0.4) is 0 Å². The Hall–Kier alpha value is -4.22. The van der Waals surface area contributed by atoms with Gasteiger partial charge in [0, 0.05) is 23.3 Å². The standard InChI is InChI=1S/C30H24N2O6/c1-29-10-11-30(38-29,12-13-36-18-7-8-21-23(33)16-37-24(21)14-18)26-25(29)27(34)32(28(26)35)22-9-6-17(15-31)19-4-2-3-5-20(19)22/h2-9,14,25-26H,10-13,16H2,1H3. The van der Waals surface area contributed by atoms with E-state index < -0.39 is 23.0 Å². The summed E-state index contributed by atoms with van der Waals surface area (Å²) in [6, 6.07) is 18.0. The number of Topliss-reactive ketones (excluding diaryl/α,β-unsaturated/α-hetero) is 1. The van der Waals surface area contributed by atoms with Crippen molar-refractivity contribution >= 4 is 34.1 Å². The molecule has 7 rings (SSSR count).